The second kappa shape index (κ2) is 7.05. The first-order chi connectivity index (χ1) is 10.4. The van der Waals surface area contributed by atoms with E-state index >= 15 is 0 Å². The van der Waals surface area contributed by atoms with Crippen LogP contribution in [-0.2, 0) is 17.6 Å². The normalized spacial score (nSPS) is 12.9. The number of aromatic nitrogens is 1. The van der Waals surface area contributed by atoms with Crippen LogP contribution < -0.4 is 0 Å². The van der Waals surface area contributed by atoms with E-state index in [2.05, 4.69) is 25.8 Å². The molecule has 0 spiro atoms. The molecule has 2 heterocycles. The number of hydrogen-bond donors (Lipinski definition) is 0. The third kappa shape index (κ3) is 4.41. The van der Waals surface area contributed by atoms with Crippen molar-refractivity contribution in [1.29, 1.82) is 0 Å². The van der Waals surface area contributed by atoms with E-state index in [-0.39, 0.29) is 17.4 Å². The second-order valence-electron chi connectivity index (χ2n) is 6.67. The minimum Gasteiger partial charge on any atom is -0.342 e. The number of thiophene rings is 1. The van der Waals surface area contributed by atoms with Gasteiger partial charge >= 0.3 is 0 Å². The molecular formula is C18H24N2OS. The summed E-state index contributed by atoms with van der Waals surface area (Å²) in [5, 5.41) is 2.01. The lowest BCUT2D eigenvalue weighted by molar-refractivity contribution is -0.133. The predicted octanol–water partition coefficient (Wildman–Crippen LogP) is 3.80. The lowest BCUT2D eigenvalue weighted by Crippen LogP contribution is -2.47. The van der Waals surface area contributed by atoms with Crippen LogP contribution in [0.15, 0.2) is 41.9 Å². The van der Waals surface area contributed by atoms with Gasteiger partial charge in [0.05, 0.1) is 6.42 Å². The van der Waals surface area contributed by atoms with Gasteiger partial charge < -0.3 is 4.90 Å². The molecule has 1 amide bonds. The molecule has 0 aliphatic heterocycles. The zero-order chi connectivity index (χ0) is 16.2. The lowest BCUT2D eigenvalue weighted by Gasteiger charge is -2.38. The van der Waals surface area contributed by atoms with E-state index in [9.17, 15) is 4.79 Å². The fraction of sp³-hybridized carbons (Fsp3) is 0.444. The molecule has 0 saturated carbocycles. The van der Waals surface area contributed by atoms with Crippen molar-refractivity contribution in [3.8, 4) is 0 Å². The summed E-state index contributed by atoms with van der Waals surface area (Å²) in [7, 11) is 1.91. The van der Waals surface area contributed by atoms with Crippen LogP contribution in [-0.4, -0.2) is 28.9 Å². The second-order valence-corrected chi connectivity index (χ2v) is 7.70. The third-order valence-electron chi connectivity index (χ3n) is 3.89. The molecule has 0 N–H and O–H groups in total. The van der Waals surface area contributed by atoms with Gasteiger partial charge in [0.1, 0.15) is 0 Å². The van der Waals surface area contributed by atoms with Crippen molar-refractivity contribution in [2.75, 3.05) is 7.05 Å². The Morgan fingerprint density at radius 3 is 2.59 bits per heavy atom. The summed E-state index contributed by atoms with van der Waals surface area (Å²) in [6.07, 6.45) is 3.06. The molecule has 1 atom stereocenters. The van der Waals surface area contributed by atoms with Crippen LogP contribution in [0.5, 0.6) is 0 Å². The first kappa shape index (κ1) is 16.7. The Hall–Kier alpha value is -1.68. The summed E-state index contributed by atoms with van der Waals surface area (Å²) in [6, 6.07) is 10.1. The molecule has 0 aliphatic rings. The first-order valence-corrected chi connectivity index (χ1v) is 8.44. The topological polar surface area (TPSA) is 33.2 Å². The molecule has 0 aliphatic carbocycles. The van der Waals surface area contributed by atoms with Crippen molar-refractivity contribution < 1.29 is 4.79 Å². The van der Waals surface area contributed by atoms with Crippen LogP contribution in [0.25, 0.3) is 0 Å². The highest BCUT2D eigenvalue weighted by atomic mass is 32.1. The summed E-state index contributed by atoms with van der Waals surface area (Å²) in [5.74, 6) is 0.165. The Labute approximate surface area is 137 Å². The number of carbonyl (C=O) groups excluding carboxylic acids is 1. The van der Waals surface area contributed by atoms with Gasteiger partial charge in [0, 0.05) is 36.3 Å². The summed E-state index contributed by atoms with van der Waals surface area (Å²) in [4.78, 5) is 20.0. The van der Waals surface area contributed by atoms with E-state index in [1.165, 1.54) is 0 Å². The van der Waals surface area contributed by atoms with Crippen LogP contribution in [0.2, 0.25) is 0 Å². The number of rotatable bonds is 5. The maximum Gasteiger partial charge on any atom is 0.227 e. The molecule has 2 aromatic heterocycles. The van der Waals surface area contributed by atoms with Gasteiger partial charge in [0.25, 0.3) is 0 Å². The van der Waals surface area contributed by atoms with Crippen molar-refractivity contribution in [1.82, 2.24) is 9.88 Å². The molecule has 2 aromatic rings. The Morgan fingerprint density at radius 1 is 1.27 bits per heavy atom. The minimum atomic E-state index is -0.00260. The van der Waals surface area contributed by atoms with E-state index in [4.69, 9.17) is 0 Å². The van der Waals surface area contributed by atoms with Crippen molar-refractivity contribution in [2.24, 2.45) is 5.41 Å². The van der Waals surface area contributed by atoms with Gasteiger partial charge in [-0.3, -0.25) is 9.78 Å². The molecule has 0 fully saturated rings. The number of pyridine rings is 1. The highest BCUT2D eigenvalue weighted by Gasteiger charge is 2.31. The largest absolute Gasteiger partial charge is 0.342 e. The van der Waals surface area contributed by atoms with Crippen LogP contribution in [0.4, 0.5) is 0 Å². The number of likely N-dealkylation sites (N-methyl/N-ethyl adjacent to an activating group) is 1. The highest BCUT2D eigenvalue weighted by molar-refractivity contribution is 7.10. The Morgan fingerprint density at radius 2 is 2.05 bits per heavy atom. The third-order valence-corrected chi connectivity index (χ3v) is 4.77. The van der Waals surface area contributed by atoms with Gasteiger partial charge in [-0.25, -0.2) is 0 Å². The van der Waals surface area contributed by atoms with Crippen molar-refractivity contribution >= 4 is 17.2 Å². The maximum absolute atomic E-state index is 12.6. The highest BCUT2D eigenvalue weighted by Crippen LogP contribution is 2.27. The number of carbonyl (C=O) groups is 1. The summed E-state index contributed by atoms with van der Waals surface area (Å²) in [5.41, 5.74) is 1.02. The molecular weight excluding hydrogens is 292 g/mol. The SMILES string of the molecule is CN(C(=O)Cc1cccs1)[C@@H](Cc1ccccn1)C(C)(C)C. The van der Waals surface area contributed by atoms with Crippen LogP contribution in [0, 0.1) is 5.41 Å². The van der Waals surface area contributed by atoms with Crippen LogP contribution in [0.1, 0.15) is 31.3 Å². The molecule has 2 rings (SSSR count). The van der Waals surface area contributed by atoms with Gasteiger partial charge in [-0.2, -0.15) is 0 Å². The van der Waals surface area contributed by atoms with E-state index in [1.807, 2.05) is 53.9 Å². The molecule has 0 unspecified atom stereocenters. The maximum atomic E-state index is 12.6. The minimum absolute atomic E-state index is 0.00260. The zero-order valence-electron chi connectivity index (χ0n) is 13.7. The molecule has 0 saturated heterocycles. The Kier molecular flexibility index (Phi) is 5.35. The summed E-state index contributed by atoms with van der Waals surface area (Å²) in [6.45, 7) is 6.53. The molecule has 118 valence electrons. The Bertz CT molecular complexity index is 587. The van der Waals surface area contributed by atoms with Crippen molar-refractivity contribution in [3.63, 3.8) is 0 Å². The number of nitrogens with zero attached hydrogens (tertiary/aromatic N) is 2. The van der Waals surface area contributed by atoms with Crippen LogP contribution in [0.3, 0.4) is 0 Å². The van der Waals surface area contributed by atoms with Gasteiger partial charge in [-0.15, -0.1) is 11.3 Å². The van der Waals surface area contributed by atoms with Gasteiger partial charge in [0.2, 0.25) is 5.91 Å². The molecule has 4 heteroatoms. The molecule has 22 heavy (non-hydrogen) atoms. The summed E-state index contributed by atoms with van der Waals surface area (Å²) < 4.78 is 0. The van der Waals surface area contributed by atoms with E-state index in [0.717, 1.165) is 17.0 Å². The molecule has 0 bridgehead atoms. The van der Waals surface area contributed by atoms with Gasteiger partial charge in [-0.1, -0.05) is 32.9 Å². The van der Waals surface area contributed by atoms with Crippen molar-refractivity contribution in [2.45, 2.75) is 39.7 Å². The van der Waals surface area contributed by atoms with E-state index in [1.54, 1.807) is 11.3 Å². The molecule has 0 radical (unpaired) electrons. The summed E-state index contributed by atoms with van der Waals surface area (Å²) >= 11 is 1.63. The average molecular weight is 316 g/mol. The van der Waals surface area contributed by atoms with Crippen LogP contribution >= 0.6 is 11.3 Å². The first-order valence-electron chi connectivity index (χ1n) is 7.56. The molecule has 0 aromatic carbocycles. The van der Waals surface area contributed by atoms with Gasteiger partial charge in [0.15, 0.2) is 0 Å². The van der Waals surface area contributed by atoms with Gasteiger partial charge in [-0.05, 0) is 29.0 Å². The fourth-order valence-electron chi connectivity index (χ4n) is 2.60. The zero-order valence-corrected chi connectivity index (χ0v) is 14.6. The fourth-order valence-corrected chi connectivity index (χ4v) is 3.30. The van der Waals surface area contributed by atoms with Crippen molar-refractivity contribution in [3.05, 3.63) is 52.5 Å². The van der Waals surface area contributed by atoms with E-state index < -0.39 is 0 Å². The van der Waals surface area contributed by atoms with E-state index in [0.29, 0.717) is 6.42 Å². The Balaban J connectivity index is 2.12. The standard InChI is InChI=1S/C18H24N2OS/c1-18(2,3)16(12-14-8-5-6-10-19-14)20(4)17(21)13-15-9-7-11-22-15/h5-11,16H,12-13H2,1-4H3/t16-/m0/s1. The quantitative estimate of drug-likeness (QED) is 0.840. The number of hydrogen-bond acceptors (Lipinski definition) is 3. The predicted molar refractivity (Wildman–Crippen MR) is 92.0 cm³/mol. The molecule has 3 nitrogen and oxygen atoms in total. The monoisotopic (exact) mass is 316 g/mol. The lowest BCUT2D eigenvalue weighted by atomic mass is 9.83. The average Bonchev–Trinajstić information content (AvgIpc) is 2.97. The number of amides is 1. The smallest absolute Gasteiger partial charge is 0.227 e.